The molecule has 0 bridgehead atoms. The third-order valence-corrected chi connectivity index (χ3v) is 4.84. The van der Waals surface area contributed by atoms with Crippen LogP contribution in [0.3, 0.4) is 0 Å². The third-order valence-electron chi connectivity index (χ3n) is 3.06. The normalized spacial score (nSPS) is 26.9. The van der Waals surface area contributed by atoms with Crippen molar-refractivity contribution in [2.24, 2.45) is 0 Å². The van der Waals surface area contributed by atoms with Crippen molar-refractivity contribution in [3.05, 3.63) is 0 Å². The van der Waals surface area contributed by atoms with Gasteiger partial charge in [-0.3, -0.25) is 0 Å². The van der Waals surface area contributed by atoms with Crippen LogP contribution in [-0.2, 0) is 14.8 Å². The smallest absolute Gasteiger partial charge is 0.219 e. The van der Waals surface area contributed by atoms with Crippen molar-refractivity contribution in [1.82, 2.24) is 4.31 Å². The van der Waals surface area contributed by atoms with Crippen molar-refractivity contribution in [3.63, 3.8) is 0 Å². The molecule has 0 radical (unpaired) electrons. The number of rotatable bonds is 4. The highest BCUT2D eigenvalue weighted by Gasteiger charge is 2.30. The van der Waals surface area contributed by atoms with E-state index in [1.807, 2.05) is 0 Å². The van der Waals surface area contributed by atoms with E-state index in [1.54, 1.807) is 0 Å². The zero-order valence-electron chi connectivity index (χ0n) is 9.60. The lowest BCUT2D eigenvalue weighted by atomic mass is 10.1. The molecule has 0 aromatic rings. The lowest BCUT2D eigenvalue weighted by Gasteiger charge is -2.32. The van der Waals surface area contributed by atoms with E-state index in [4.69, 9.17) is 0 Å². The maximum Gasteiger partial charge on any atom is 0.219 e. The molecular formula is C9H18N2O4S. The van der Waals surface area contributed by atoms with Crippen molar-refractivity contribution in [1.29, 1.82) is 0 Å². The second kappa shape index (κ2) is 5.11. The lowest BCUT2D eigenvalue weighted by molar-refractivity contribution is -0.885. The Hall–Kier alpha value is -0.660. The fourth-order valence-electron chi connectivity index (χ4n) is 1.94. The number of aliphatic carboxylic acids is 1. The van der Waals surface area contributed by atoms with Gasteiger partial charge in [-0.1, -0.05) is 0 Å². The number of piperidine rings is 1. The van der Waals surface area contributed by atoms with Gasteiger partial charge in [-0.15, -0.1) is 0 Å². The lowest BCUT2D eigenvalue weighted by Crippen LogP contribution is -3.10. The van der Waals surface area contributed by atoms with Crippen LogP contribution in [0.1, 0.15) is 12.8 Å². The SMILES string of the molecule is CN(C1CC[NH+](C)CC1)S(=O)(=O)CC(=O)[O-]. The average molecular weight is 250 g/mol. The van der Waals surface area contributed by atoms with Gasteiger partial charge in [0, 0.05) is 25.9 Å². The molecule has 1 fully saturated rings. The van der Waals surface area contributed by atoms with E-state index in [9.17, 15) is 18.3 Å². The Labute approximate surface area is 95.9 Å². The average Bonchev–Trinajstić information content (AvgIpc) is 2.16. The van der Waals surface area contributed by atoms with E-state index in [0.29, 0.717) is 0 Å². The molecule has 1 heterocycles. The van der Waals surface area contributed by atoms with Gasteiger partial charge in [-0.25, -0.2) is 12.7 Å². The Morgan fingerprint density at radius 1 is 1.44 bits per heavy atom. The highest BCUT2D eigenvalue weighted by Crippen LogP contribution is 2.12. The number of carboxylic acids is 1. The second-order valence-electron chi connectivity index (χ2n) is 4.33. The molecule has 1 rings (SSSR count). The van der Waals surface area contributed by atoms with Crippen molar-refractivity contribution < 1.29 is 23.2 Å². The first-order valence-electron chi connectivity index (χ1n) is 5.30. The summed E-state index contributed by atoms with van der Waals surface area (Å²) in [5.74, 6) is -2.48. The molecule has 1 aliphatic rings. The minimum Gasteiger partial charge on any atom is -0.549 e. The molecule has 94 valence electrons. The van der Waals surface area contributed by atoms with Gasteiger partial charge in [0.05, 0.1) is 26.1 Å². The van der Waals surface area contributed by atoms with Gasteiger partial charge in [0.25, 0.3) is 0 Å². The molecule has 0 aromatic carbocycles. The molecule has 0 saturated carbocycles. The van der Waals surface area contributed by atoms with Gasteiger partial charge in [0.2, 0.25) is 10.0 Å². The Morgan fingerprint density at radius 2 is 1.94 bits per heavy atom. The summed E-state index contributed by atoms with van der Waals surface area (Å²) >= 11 is 0. The first kappa shape index (κ1) is 13.4. The van der Waals surface area contributed by atoms with Crippen molar-refractivity contribution >= 4 is 16.0 Å². The summed E-state index contributed by atoms with van der Waals surface area (Å²) in [4.78, 5) is 11.7. The molecule has 0 aromatic heterocycles. The molecule has 0 atom stereocenters. The Morgan fingerprint density at radius 3 is 2.38 bits per heavy atom. The van der Waals surface area contributed by atoms with E-state index >= 15 is 0 Å². The van der Waals surface area contributed by atoms with E-state index in [-0.39, 0.29) is 6.04 Å². The minimum atomic E-state index is -3.71. The highest BCUT2D eigenvalue weighted by molar-refractivity contribution is 7.89. The number of hydrogen-bond donors (Lipinski definition) is 1. The Kier molecular flexibility index (Phi) is 4.28. The summed E-state index contributed by atoms with van der Waals surface area (Å²) in [7, 11) is -0.205. The number of likely N-dealkylation sites (tertiary alicyclic amines) is 1. The molecule has 1 saturated heterocycles. The molecule has 1 aliphatic heterocycles. The number of hydrogen-bond acceptors (Lipinski definition) is 4. The zero-order chi connectivity index (χ0) is 12.3. The van der Waals surface area contributed by atoms with Crippen LogP contribution in [0.2, 0.25) is 0 Å². The second-order valence-corrected chi connectivity index (χ2v) is 6.36. The van der Waals surface area contributed by atoms with Gasteiger partial charge in [-0.2, -0.15) is 0 Å². The number of carbonyl (C=O) groups is 1. The number of sulfonamides is 1. The summed E-state index contributed by atoms with van der Waals surface area (Å²) in [5.41, 5.74) is 0. The molecule has 16 heavy (non-hydrogen) atoms. The van der Waals surface area contributed by atoms with Gasteiger partial charge in [0.1, 0.15) is 5.75 Å². The Balaban J connectivity index is 2.63. The van der Waals surface area contributed by atoms with Crippen molar-refractivity contribution in [3.8, 4) is 0 Å². The number of nitrogens with zero attached hydrogens (tertiary/aromatic N) is 1. The molecule has 1 N–H and O–H groups in total. The van der Waals surface area contributed by atoms with Crippen LogP contribution in [0, 0.1) is 0 Å². The van der Waals surface area contributed by atoms with Crippen LogP contribution in [0.4, 0.5) is 0 Å². The van der Waals surface area contributed by atoms with Gasteiger partial charge in [-0.05, 0) is 0 Å². The number of carboxylic acid groups (broad SMARTS) is 1. The van der Waals surface area contributed by atoms with E-state index < -0.39 is 21.7 Å². The quantitative estimate of drug-likeness (QED) is 0.566. The van der Waals surface area contributed by atoms with Gasteiger partial charge in [0.15, 0.2) is 0 Å². The monoisotopic (exact) mass is 250 g/mol. The summed E-state index contributed by atoms with van der Waals surface area (Å²) in [6, 6.07) is -0.0759. The van der Waals surface area contributed by atoms with Crippen LogP contribution in [0.15, 0.2) is 0 Å². The minimum absolute atomic E-state index is 0.0759. The molecule has 0 amide bonds. The molecular weight excluding hydrogens is 232 g/mol. The van der Waals surface area contributed by atoms with Gasteiger partial charge < -0.3 is 14.8 Å². The van der Waals surface area contributed by atoms with E-state index in [1.165, 1.54) is 16.3 Å². The maximum atomic E-state index is 11.6. The molecule has 6 nitrogen and oxygen atoms in total. The summed E-state index contributed by atoms with van der Waals surface area (Å²) < 4.78 is 24.4. The maximum absolute atomic E-state index is 11.6. The summed E-state index contributed by atoms with van der Waals surface area (Å²) in [5, 5.41) is 10.3. The van der Waals surface area contributed by atoms with Crippen LogP contribution in [0.5, 0.6) is 0 Å². The molecule has 0 unspecified atom stereocenters. The Bertz CT molecular complexity index is 347. The van der Waals surface area contributed by atoms with E-state index in [2.05, 4.69) is 7.05 Å². The summed E-state index contributed by atoms with van der Waals surface area (Å²) in [6.07, 6.45) is 1.54. The first-order valence-corrected chi connectivity index (χ1v) is 6.90. The van der Waals surface area contributed by atoms with Crippen LogP contribution in [0.25, 0.3) is 0 Å². The number of quaternary nitrogens is 1. The van der Waals surface area contributed by atoms with Crippen LogP contribution < -0.4 is 10.0 Å². The topological polar surface area (TPSA) is 82.0 Å². The van der Waals surface area contributed by atoms with Crippen molar-refractivity contribution in [2.75, 3.05) is 32.9 Å². The number of carbonyl (C=O) groups excluding carboxylic acids is 1. The number of nitrogens with one attached hydrogen (secondary N) is 1. The predicted octanol–water partition coefficient (Wildman–Crippen LogP) is -3.32. The van der Waals surface area contributed by atoms with Crippen LogP contribution >= 0.6 is 0 Å². The van der Waals surface area contributed by atoms with Gasteiger partial charge >= 0.3 is 0 Å². The highest BCUT2D eigenvalue weighted by atomic mass is 32.2. The first-order chi connectivity index (χ1) is 7.33. The zero-order valence-corrected chi connectivity index (χ0v) is 10.4. The largest absolute Gasteiger partial charge is 0.549 e. The fraction of sp³-hybridized carbons (Fsp3) is 0.889. The third kappa shape index (κ3) is 3.43. The molecule has 7 heteroatoms. The molecule has 0 spiro atoms. The summed E-state index contributed by atoms with van der Waals surface area (Å²) in [6.45, 7) is 1.83. The standard InChI is InChI=1S/C9H18N2O4S/c1-10-5-3-8(4-6-10)11(2)16(14,15)7-9(12)13/h8H,3-7H2,1-2H3,(H,12,13). The molecule has 0 aliphatic carbocycles. The van der Waals surface area contributed by atoms with Crippen molar-refractivity contribution in [2.45, 2.75) is 18.9 Å². The fourth-order valence-corrected chi connectivity index (χ4v) is 3.10. The van der Waals surface area contributed by atoms with Crippen LogP contribution in [-0.4, -0.2) is 57.7 Å². The van der Waals surface area contributed by atoms with E-state index in [0.717, 1.165) is 25.9 Å². The predicted molar refractivity (Wildman–Crippen MR) is 56.2 cm³/mol.